The maximum Gasteiger partial charge on any atom is 0.418 e. The number of carboxylic acids is 1. The maximum atomic E-state index is 13.9. The number of carboxylic acid groups (broad SMARTS) is 1. The summed E-state index contributed by atoms with van der Waals surface area (Å²) in [6.07, 6.45) is -5.28. The first-order valence-electron chi connectivity index (χ1n) is 8.45. The van der Waals surface area contributed by atoms with Crippen LogP contribution in [0.2, 0.25) is 0 Å². The Hall–Kier alpha value is -2.94. The average molecular weight is 393 g/mol. The highest BCUT2D eigenvalue weighted by Gasteiger charge is 2.39. The van der Waals surface area contributed by atoms with Gasteiger partial charge in [-0.05, 0) is 35.2 Å². The first-order chi connectivity index (χ1) is 13.1. The van der Waals surface area contributed by atoms with Crippen molar-refractivity contribution in [2.24, 2.45) is 7.05 Å². The first-order valence-corrected chi connectivity index (χ1v) is 8.45. The Kier molecular flexibility index (Phi) is 5.12. The quantitative estimate of drug-likeness (QED) is 0.694. The van der Waals surface area contributed by atoms with Crippen molar-refractivity contribution < 1.29 is 28.2 Å². The van der Waals surface area contributed by atoms with E-state index in [2.05, 4.69) is 10.3 Å². The normalized spacial score (nSPS) is 13.1. The number of halogens is 3. The van der Waals surface area contributed by atoms with Crippen LogP contribution in [0.1, 0.15) is 40.2 Å². The number of hydrogen-bond acceptors (Lipinski definition) is 4. The molecule has 3 aromatic rings. The van der Waals surface area contributed by atoms with Crippen LogP contribution in [-0.4, -0.2) is 31.2 Å². The molecule has 0 aliphatic rings. The van der Waals surface area contributed by atoms with E-state index >= 15 is 0 Å². The molecule has 6 nitrogen and oxygen atoms in total. The molecule has 1 aromatic heterocycles. The van der Waals surface area contributed by atoms with Crippen LogP contribution in [0.5, 0.6) is 0 Å². The highest BCUT2D eigenvalue weighted by atomic mass is 19.4. The molecule has 0 aliphatic carbocycles. The summed E-state index contributed by atoms with van der Waals surface area (Å²) in [6.45, 7) is 1.46. The molecule has 0 spiro atoms. The molecule has 0 saturated heterocycles. The van der Waals surface area contributed by atoms with Crippen LogP contribution in [0.15, 0.2) is 30.3 Å². The third-order valence-corrected chi connectivity index (χ3v) is 4.80. The zero-order chi connectivity index (χ0) is 20.6. The predicted octanol–water partition coefficient (Wildman–Crippen LogP) is 3.39. The maximum absolute atomic E-state index is 13.9. The lowest BCUT2D eigenvalue weighted by atomic mass is 9.84. The van der Waals surface area contributed by atoms with Gasteiger partial charge in [0, 0.05) is 13.0 Å². The Morgan fingerprint density at radius 2 is 1.96 bits per heavy atom. The Bertz CT molecular complexity index is 1040. The number of aryl methyl sites for hydroxylation is 2. The number of aliphatic carboxylic acids is 1. The molecule has 0 fully saturated rings. The number of alkyl halides is 3. The molecule has 148 valence electrons. The number of benzene rings is 2. The Morgan fingerprint density at radius 1 is 1.25 bits per heavy atom. The van der Waals surface area contributed by atoms with Gasteiger partial charge in [0.1, 0.15) is 5.52 Å². The van der Waals surface area contributed by atoms with Gasteiger partial charge in [0.25, 0.3) is 0 Å². The van der Waals surface area contributed by atoms with E-state index in [4.69, 9.17) is 0 Å². The molecule has 0 aliphatic heterocycles. The fraction of sp³-hybridized carbons (Fsp3) is 0.316. The van der Waals surface area contributed by atoms with Gasteiger partial charge in [0.2, 0.25) is 0 Å². The Labute approximate surface area is 158 Å². The van der Waals surface area contributed by atoms with Crippen LogP contribution in [0.4, 0.5) is 13.2 Å². The minimum atomic E-state index is -4.74. The summed E-state index contributed by atoms with van der Waals surface area (Å²) in [5.74, 6) is -2.30. The third-order valence-electron chi connectivity index (χ3n) is 4.80. The minimum absolute atomic E-state index is 0.185. The number of nitrogens with zero attached hydrogens (tertiary/aromatic N) is 3. The van der Waals surface area contributed by atoms with Gasteiger partial charge in [-0.25, -0.2) is 4.68 Å². The lowest BCUT2D eigenvalue weighted by Crippen LogP contribution is -2.16. The van der Waals surface area contributed by atoms with Gasteiger partial charge < -0.3 is 10.2 Å². The van der Waals surface area contributed by atoms with Crippen molar-refractivity contribution in [2.45, 2.75) is 32.0 Å². The van der Waals surface area contributed by atoms with Crippen LogP contribution in [0, 0.1) is 6.92 Å². The van der Waals surface area contributed by atoms with Crippen molar-refractivity contribution in [3.05, 3.63) is 58.1 Å². The van der Waals surface area contributed by atoms with E-state index in [1.165, 1.54) is 23.9 Å². The average Bonchev–Trinajstić information content (AvgIpc) is 2.99. The minimum Gasteiger partial charge on any atom is -0.481 e. The van der Waals surface area contributed by atoms with E-state index in [1.807, 2.05) is 0 Å². The van der Waals surface area contributed by atoms with Crippen LogP contribution in [0.3, 0.4) is 0 Å². The topological polar surface area (TPSA) is 88.2 Å². The summed E-state index contributed by atoms with van der Waals surface area (Å²) in [4.78, 5) is 11.4. The van der Waals surface area contributed by atoms with Gasteiger partial charge in [0.05, 0.1) is 24.1 Å². The van der Waals surface area contributed by atoms with Crippen LogP contribution in [-0.2, 0) is 24.6 Å². The highest BCUT2D eigenvalue weighted by molar-refractivity contribution is 5.81. The Morgan fingerprint density at radius 3 is 2.57 bits per heavy atom. The summed E-state index contributed by atoms with van der Waals surface area (Å²) in [5.41, 5.74) is 0.377. The molecular weight excluding hydrogens is 375 g/mol. The molecule has 1 unspecified atom stereocenters. The molecule has 9 heteroatoms. The van der Waals surface area contributed by atoms with Crippen molar-refractivity contribution in [2.75, 3.05) is 0 Å². The second kappa shape index (κ2) is 7.23. The monoisotopic (exact) mass is 393 g/mol. The second-order valence-electron chi connectivity index (χ2n) is 6.60. The van der Waals surface area contributed by atoms with Gasteiger partial charge in [-0.2, -0.15) is 13.2 Å². The molecule has 2 aromatic carbocycles. The van der Waals surface area contributed by atoms with E-state index in [0.717, 1.165) is 5.56 Å². The molecule has 0 radical (unpaired) electrons. The molecule has 28 heavy (non-hydrogen) atoms. The second-order valence-corrected chi connectivity index (χ2v) is 6.60. The number of hydrogen-bond donors (Lipinski definition) is 2. The zero-order valence-electron chi connectivity index (χ0n) is 15.2. The van der Waals surface area contributed by atoms with Gasteiger partial charge in [-0.1, -0.05) is 29.5 Å². The summed E-state index contributed by atoms with van der Waals surface area (Å²) in [7, 11) is 1.48. The molecule has 2 N–H and O–H groups in total. The van der Waals surface area contributed by atoms with Gasteiger partial charge in [-0.15, -0.1) is 5.10 Å². The van der Waals surface area contributed by atoms with Crippen LogP contribution in [0.25, 0.3) is 11.0 Å². The molecular formula is C19H18F3N3O3. The molecule has 1 heterocycles. The van der Waals surface area contributed by atoms with E-state index in [1.54, 1.807) is 25.1 Å². The number of fused-ring (bicyclic) bond motifs is 1. The summed E-state index contributed by atoms with van der Waals surface area (Å²) < 4.78 is 43.1. The molecule has 0 amide bonds. The zero-order valence-corrected chi connectivity index (χ0v) is 15.2. The summed E-state index contributed by atoms with van der Waals surface area (Å²) in [5, 5.41) is 26.1. The van der Waals surface area contributed by atoms with Gasteiger partial charge >= 0.3 is 12.1 Å². The van der Waals surface area contributed by atoms with Crippen molar-refractivity contribution >= 4 is 17.0 Å². The highest BCUT2D eigenvalue weighted by Crippen LogP contribution is 2.42. The van der Waals surface area contributed by atoms with Crippen LogP contribution < -0.4 is 0 Å². The largest absolute Gasteiger partial charge is 0.481 e. The van der Waals surface area contributed by atoms with E-state index in [9.17, 15) is 28.2 Å². The lowest BCUT2D eigenvalue weighted by Gasteiger charge is -2.22. The van der Waals surface area contributed by atoms with E-state index in [0.29, 0.717) is 11.1 Å². The fourth-order valence-electron chi connectivity index (χ4n) is 3.37. The molecule has 0 bridgehead atoms. The number of carbonyl (C=O) groups is 1. The fourth-order valence-corrected chi connectivity index (χ4v) is 3.37. The van der Waals surface area contributed by atoms with Crippen molar-refractivity contribution in [3.8, 4) is 0 Å². The number of aliphatic hydroxyl groups excluding tert-OH is 1. The molecule has 0 saturated carbocycles. The SMILES string of the molecule is Cc1ccc(C(CC(=O)O)c2ccc3c(nnn3C)c2C(F)(F)F)cc1CO. The number of aromatic nitrogens is 3. The van der Waals surface area contributed by atoms with Gasteiger partial charge in [0.15, 0.2) is 0 Å². The van der Waals surface area contributed by atoms with E-state index < -0.39 is 30.0 Å². The lowest BCUT2D eigenvalue weighted by molar-refractivity contribution is -0.139. The number of aliphatic hydroxyl groups is 1. The predicted molar refractivity (Wildman–Crippen MR) is 94.7 cm³/mol. The Balaban J connectivity index is 2.29. The third kappa shape index (κ3) is 3.57. The van der Waals surface area contributed by atoms with Gasteiger partial charge in [-0.3, -0.25) is 4.79 Å². The van der Waals surface area contributed by atoms with E-state index in [-0.39, 0.29) is 23.2 Å². The summed E-state index contributed by atoms with van der Waals surface area (Å²) >= 11 is 0. The molecule has 3 rings (SSSR count). The molecule has 1 atom stereocenters. The van der Waals surface area contributed by atoms with Crippen molar-refractivity contribution in [1.29, 1.82) is 0 Å². The van der Waals surface area contributed by atoms with Crippen LogP contribution >= 0.6 is 0 Å². The smallest absolute Gasteiger partial charge is 0.418 e. The summed E-state index contributed by atoms with van der Waals surface area (Å²) in [6, 6.07) is 7.52. The van der Waals surface area contributed by atoms with Crippen molar-refractivity contribution in [1.82, 2.24) is 15.0 Å². The first kappa shape index (κ1) is 19.8. The standard InChI is InChI=1S/C19H18F3N3O3/c1-10-3-4-11(7-12(10)9-26)14(8-16(27)28)13-5-6-15-18(23-24-25(15)2)17(13)19(20,21)22/h3-7,14,26H,8-9H2,1-2H3,(H,27,28). The van der Waals surface area contributed by atoms with Crippen molar-refractivity contribution in [3.63, 3.8) is 0 Å². The number of rotatable bonds is 5.